The molecule has 0 fully saturated rings. The van der Waals surface area contributed by atoms with E-state index in [1.165, 1.54) is 12.3 Å². The molecule has 140 valence electrons. The van der Waals surface area contributed by atoms with Crippen molar-refractivity contribution in [3.63, 3.8) is 0 Å². The fourth-order valence-corrected chi connectivity index (χ4v) is 3.55. The number of hydrogen-bond acceptors (Lipinski definition) is 4. The zero-order valence-electron chi connectivity index (χ0n) is 15.3. The number of amides is 1. The van der Waals surface area contributed by atoms with Gasteiger partial charge in [-0.25, -0.2) is 0 Å². The van der Waals surface area contributed by atoms with Gasteiger partial charge in [0.05, 0.1) is 23.2 Å². The van der Waals surface area contributed by atoms with E-state index in [0.29, 0.717) is 27.4 Å². The van der Waals surface area contributed by atoms with Gasteiger partial charge in [-0.2, -0.15) is 0 Å². The Hall–Kier alpha value is -2.70. The average molecular weight is 386 g/mol. The number of primary amides is 1. The van der Waals surface area contributed by atoms with E-state index in [1.807, 2.05) is 26.8 Å². The molecule has 6 nitrogen and oxygen atoms in total. The van der Waals surface area contributed by atoms with Crippen molar-refractivity contribution >= 4 is 28.4 Å². The van der Waals surface area contributed by atoms with E-state index in [1.54, 1.807) is 12.1 Å². The summed E-state index contributed by atoms with van der Waals surface area (Å²) in [5, 5.41) is 10.5. The number of rotatable bonds is 3. The van der Waals surface area contributed by atoms with Gasteiger partial charge in [-0.15, -0.1) is 0 Å². The molecule has 1 amide bonds. The highest BCUT2D eigenvalue weighted by Crippen LogP contribution is 2.35. The van der Waals surface area contributed by atoms with E-state index in [0.717, 1.165) is 5.56 Å². The number of aromatic amines is 1. The largest absolute Gasteiger partial charge is 0.392 e. The standard InChI is InChI=1S/C20H20ClN3O3/c1-20(2,3)12-6-10(9-25)11(7-13(12)21)15-8-16(26)17-14(24-15)4-5-23-18(17)19(22)27/h4-8,25H,9H2,1-3H3,(H2,22,27)(H,24,26). The van der Waals surface area contributed by atoms with Crippen LogP contribution in [0.5, 0.6) is 0 Å². The number of pyridine rings is 2. The van der Waals surface area contributed by atoms with Gasteiger partial charge in [-0.3, -0.25) is 14.6 Å². The zero-order chi connectivity index (χ0) is 19.9. The van der Waals surface area contributed by atoms with Crippen molar-refractivity contribution in [1.82, 2.24) is 9.97 Å². The van der Waals surface area contributed by atoms with Crippen molar-refractivity contribution in [2.45, 2.75) is 32.8 Å². The molecule has 0 bridgehead atoms. The lowest BCUT2D eigenvalue weighted by Gasteiger charge is -2.23. The van der Waals surface area contributed by atoms with Crippen molar-refractivity contribution in [3.05, 3.63) is 62.5 Å². The molecule has 3 aromatic rings. The highest BCUT2D eigenvalue weighted by Gasteiger charge is 2.21. The number of nitrogens with two attached hydrogens (primary N) is 1. The van der Waals surface area contributed by atoms with Crippen LogP contribution in [0, 0.1) is 0 Å². The number of benzene rings is 1. The Morgan fingerprint density at radius 1 is 1.30 bits per heavy atom. The number of aliphatic hydroxyl groups excluding tert-OH is 1. The van der Waals surface area contributed by atoms with Crippen molar-refractivity contribution in [2.75, 3.05) is 0 Å². The predicted octanol–water partition coefficient (Wildman–Crippen LogP) is 3.13. The first-order valence-corrected chi connectivity index (χ1v) is 8.77. The Labute approximate surface area is 161 Å². The first kappa shape index (κ1) is 19.1. The number of nitrogens with one attached hydrogen (secondary N) is 1. The van der Waals surface area contributed by atoms with E-state index >= 15 is 0 Å². The summed E-state index contributed by atoms with van der Waals surface area (Å²) in [6.07, 6.45) is 1.41. The second-order valence-corrected chi connectivity index (χ2v) is 7.80. The summed E-state index contributed by atoms with van der Waals surface area (Å²) >= 11 is 6.47. The van der Waals surface area contributed by atoms with Crippen LogP contribution in [-0.4, -0.2) is 21.0 Å². The Morgan fingerprint density at radius 3 is 2.59 bits per heavy atom. The lowest BCUT2D eigenvalue weighted by atomic mass is 9.84. The van der Waals surface area contributed by atoms with Crippen LogP contribution in [0.1, 0.15) is 42.4 Å². The molecule has 2 aromatic heterocycles. The van der Waals surface area contributed by atoms with Crippen LogP contribution in [-0.2, 0) is 12.0 Å². The molecule has 1 aromatic carbocycles. The Kier molecular flexibility index (Phi) is 4.80. The van der Waals surface area contributed by atoms with Crippen molar-refractivity contribution in [1.29, 1.82) is 0 Å². The van der Waals surface area contributed by atoms with Gasteiger partial charge in [0.25, 0.3) is 5.91 Å². The molecule has 27 heavy (non-hydrogen) atoms. The number of nitrogens with zero attached hydrogens (tertiary/aromatic N) is 1. The number of hydrogen-bond donors (Lipinski definition) is 3. The van der Waals surface area contributed by atoms with Gasteiger partial charge >= 0.3 is 0 Å². The lowest BCUT2D eigenvalue weighted by molar-refractivity contribution is 0.0997. The van der Waals surface area contributed by atoms with E-state index in [-0.39, 0.29) is 28.5 Å². The third-order valence-corrected chi connectivity index (χ3v) is 4.75. The predicted molar refractivity (Wildman–Crippen MR) is 106 cm³/mol. The fourth-order valence-electron chi connectivity index (χ4n) is 3.11. The van der Waals surface area contributed by atoms with Crippen LogP contribution in [0.3, 0.4) is 0 Å². The second-order valence-electron chi connectivity index (χ2n) is 7.39. The topological polar surface area (TPSA) is 109 Å². The molecule has 4 N–H and O–H groups in total. The Bertz CT molecular complexity index is 1110. The van der Waals surface area contributed by atoms with E-state index in [4.69, 9.17) is 17.3 Å². The summed E-state index contributed by atoms with van der Waals surface area (Å²) in [5.74, 6) is -0.771. The maximum absolute atomic E-state index is 12.6. The van der Waals surface area contributed by atoms with Gasteiger partial charge in [0.1, 0.15) is 5.69 Å². The summed E-state index contributed by atoms with van der Waals surface area (Å²) in [5.41, 5.74) is 7.73. The molecule has 0 atom stereocenters. The summed E-state index contributed by atoms with van der Waals surface area (Å²) < 4.78 is 0. The molecule has 0 unspecified atom stereocenters. The van der Waals surface area contributed by atoms with Crippen LogP contribution in [0.15, 0.2) is 35.3 Å². The number of H-pyrrole nitrogens is 1. The third-order valence-electron chi connectivity index (χ3n) is 4.44. The van der Waals surface area contributed by atoms with Gasteiger partial charge in [0.15, 0.2) is 5.43 Å². The third kappa shape index (κ3) is 3.46. The quantitative estimate of drug-likeness (QED) is 0.643. The molecule has 0 aliphatic rings. The monoisotopic (exact) mass is 385 g/mol. The van der Waals surface area contributed by atoms with E-state index in [9.17, 15) is 14.7 Å². The molecule has 3 rings (SSSR count). The Morgan fingerprint density at radius 2 is 2.00 bits per heavy atom. The molecule has 0 saturated carbocycles. The number of fused-ring (bicyclic) bond motifs is 1. The first-order chi connectivity index (χ1) is 12.6. The SMILES string of the molecule is CC(C)(C)c1cc(CO)c(-c2cc(=O)c3c(C(N)=O)nccc3[nH]2)cc1Cl. The van der Waals surface area contributed by atoms with Gasteiger partial charge in [0.2, 0.25) is 0 Å². The van der Waals surface area contributed by atoms with E-state index in [2.05, 4.69) is 9.97 Å². The highest BCUT2D eigenvalue weighted by molar-refractivity contribution is 6.31. The number of aliphatic hydroxyl groups is 1. The summed E-state index contributed by atoms with van der Waals surface area (Å²) in [7, 11) is 0. The van der Waals surface area contributed by atoms with Crippen LogP contribution in [0.4, 0.5) is 0 Å². The maximum Gasteiger partial charge on any atom is 0.268 e. The molecule has 0 radical (unpaired) electrons. The lowest BCUT2D eigenvalue weighted by Crippen LogP contribution is -2.18. The number of carbonyl (C=O) groups is 1. The van der Waals surface area contributed by atoms with Crippen molar-refractivity contribution in [3.8, 4) is 11.3 Å². The van der Waals surface area contributed by atoms with E-state index < -0.39 is 5.91 Å². The Balaban J connectivity index is 2.29. The molecule has 0 aliphatic heterocycles. The maximum atomic E-state index is 12.6. The second kappa shape index (κ2) is 6.79. The first-order valence-electron chi connectivity index (χ1n) is 8.39. The minimum absolute atomic E-state index is 0.0798. The highest BCUT2D eigenvalue weighted by atomic mass is 35.5. The average Bonchev–Trinajstić information content (AvgIpc) is 2.59. The number of carbonyl (C=O) groups excluding carboxylic acids is 1. The molecular weight excluding hydrogens is 366 g/mol. The zero-order valence-corrected chi connectivity index (χ0v) is 16.0. The minimum atomic E-state index is -0.771. The van der Waals surface area contributed by atoms with Crippen molar-refractivity contribution in [2.24, 2.45) is 5.73 Å². The number of aromatic nitrogens is 2. The van der Waals surface area contributed by atoms with Crippen LogP contribution in [0.2, 0.25) is 5.02 Å². The van der Waals surface area contributed by atoms with Crippen LogP contribution in [0.25, 0.3) is 22.2 Å². The minimum Gasteiger partial charge on any atom is -0.392 e. The number of halogens is 1. The molecule has 0 saturated heterocycles. The molecule has 0 spiro atoms. The summed E-state index contributed by atoms with van der Waals surface area (Å²) in [6, 6.07) is 6.54. The van der Waals surface area contributed by atoms with Gasteiger partial charge in [-0.05, 0) is 28.7 Å². The molecule has 0 aliphatic carbocycles. The fraction of sp³-hybridized carbons (Fsp3) is 0.250. The molecular formula is C20H20ClN3O3. The smallest absolute Gasteiger partial charge is 0.268 e. The van der Waals surface area contributed by atoms with Gasteiger partial charge in [-0.1, -0.05) is 38.4 Å². The molecule has 7 heteroatoms. The van der Waals surface area contributed by atoms with Crippen LogP contribution >= 0.6 is 11.6 Å². The molecule has 2 heterocycles. The van der Waals surface area contributed by atoms with Gasteiger partial charge in [0, 0.05) is 22.8 Å². The van der Waals surface area contributed by atoms with Crippen molar-refractivity contribution < 1.29 is 9.90 Å². The summed E-state index contributed by atoms with van der Waals surface area (Å²) in [4.78, 5) is 31.2. The van der Waals surface area contributed by atoms with Gasteiger partial charge < -0.3 is 15.8 Å². The normalized spacial score (nSPS) is 11.7. The van der Waals surface area contributed by atoms with Crippen LogP contribution < -0.4 is 11.2 Å². The summed E-state index contributed by atoms with van der Waals surface area (Å²) in [6.45, 7) is 5.89.